The number of nitrogens with zero attached hydrogens (tertiary/aromatic N) is 2. The molecule has 1 aliphatic heterocycles. The Morgan fingerprint density at radius 3 is 2.39 bits per heavy atom. The van der Waals surface area contributed by atoms with Gasteiger partial charge in [0.25, 0.3) is 0 Å². The third-order valence-corrected chi connectivity index (χ3v) is 8.94. The Bertz CT molecular complexity index is 686. The molecule has 31 heavy (non-hydrogen) atoms. The van der Waals surface area contributed by atoms with Crippen molar-refractivity contribution in [3.8, 4) is 0 Å². The standard InChI is InChI=1S/C24H38F3N3O/c1-14-8-13-20-22(28-15(2)30(20)3)21(14)29-23(31)19-7-5-4-6-18(19)16-9-11-17(12-10-16)24(25,26)27/h14,16-22H,4-13H2,1-3H3,(H,29,31). The Morgan fingerprint density at radius 2 is 1.71 bits per heavy atom. The number of aliphatic imine (C=N–C) groups is 1. The van der Waals surface area contributed by atoms with Crippen LogP contribution in [0.25, 0.3) is 0 Å². The highest BCUT2D eigenvalue weighted by Gasteiger charge is 2.47. The molecule has 1 heterocycles. The van der Waals surface area contributed by atoms with E-state index in [2.05, 4.69) is 24.2 Å². The van der Waals surface area contributed by atoms with Gasteiger partial charge in [0.1, 0.15) is 0 Å². The van der Waals surface area contributed by atoms with Gasteiger partial charge in [0.05, 0.1) is 29.9 Å². The van der Waals surface area contributed by atoms with Crippen LogP contribution in [0.5, 0.6) is 0 Å². The molecule has 176 valence electrons. The number of amidine groups is 1. The third-order valence-electron chi connectivity index (χ3n) is 8.94. The fraction of sp³-hybridized carbons (Fsp3) is 0.917. The van der Waals surface area contributed by atoms with Gasteiger partial charge in [-0.3, -0.25) is 9.79 Å². The lowest BCUT2D eigenvalue weighted by molar-refractivity contribution is -0.185. The molecule has 4 nitrogen and oxygen atoms in total. The smallest absolute Gasteiger partial charge is 0.358 e. The zero-order valence-electron chi connectivity index (χ0n) is 19.1. The molecule has 6 unspecified atom stereocenters. The van der Waals surface area contributed by atoms with Crippen molar-refractivity contribution >= 4 is 11.7 Å². The van der Waals surface area contributed by atoms with Crippen LogP contribution in [0.4, 0.5) is 13.2 Å². The lowest BCUT2D eigenvalue weighted by atomic mass is 9.66. The molecule has 3 fully saturated rings. The summed E-state index contributed by atoms with van der Waals surface area (Å²) in [6.45, 7) is 4.25. The Balaban J connectivity index is 1.42. The monoisotopic (exact) mass is 441 g/mol. The maximum absolute atomic E-state index is 13.5. The number of fused-ring (bicyclic) bond motifs is 1. The maximum atomic E-state index is 13.5. The molecule has 0 radical (unpaired) electrons. The van der Waals surface area contributed by atoms with Crippen molar-refractivity contribution in [3.63, 3.8) is 0 Å². The van der Waals surface area contributed by atoms with Crippen molar-refractivity contribution in [2.45, 2.75) is 102 Å². The maximum Gasteiger partial charge on any atom is 0.391 e. The van der Waals surface area contributed by atoms with E-state index in [0.29, 0.717) is 24.8 Å². The number of likely N-dealkylation sites (N-methyl/N-ethyl adjacent to an activating group) is 1. The van der Waals surface area contributed by atoms with Gasteiger partial charge in [0.2, 0.25) is 5.91 Å². The fourth-order valence-electron chi connectivity index (χ4n) is 6.92. The summed E-state index contributed by atoms with van der Waals surface area (Å²) < 4.78 is 39.3. The van der Waals surface area contributed by atoms with E-state index in [1.807, 2.05) is 6.92 Å². The topological polar surface area (TPSA) is 44.7 Å². The number of amides is 1. The van der Waals surface area contributed by atoms with E-state index < -0.39 is 12.1 Å². The second-order valence-electron chi connectivity index (χ2n) is 10.6. The van der Waals surface area contributed by atoms with Crippen LogP contribution in [-0.2, 0) is 4.79 Å². The van der Waals surface area contributed by atoms with E-state index in [9.17, 15) is 18.0 Å². The minimum absolute atomic E-state index is 0.0506. The second-order valence-corrected chi connectivity index (χ2v) is 10.6. The highest BCUT2D eigenvalue weighted by Crippen LogP contribution is 2.46. The molecule has 4 rings (SSSR count). The molecule has 4 aliphatic rings. The summed E-state index contributed by atoms with van der Waals surface area (Å²) in [5, 5.41) is 3.40. The van der Waals surface area contributed by atoms with Crippen LogP contribution in [0.15, 0.2) is 4.99 Å². The van der Waals surface area contributed by atoms with Gasteiger partial charge in [0.15, 0.2) is 0 Å². The summed E-state index contributed by atoms with van der Waals surface area (Å²) in [7, 11) is 2.09. The molecule has 0 spiro atoms. The van der Waals surface area contributed by atoms with Crippen LogP contribution in [0.2, 0.25) is 0 Å². The van der Waals surface area contributed by atoms with Gasteiger partial charge in [-0.1, -0.05) is 19.8 Å². The molecule has 6 atom stereocenters. The summed E-state index contributed by atoms with van der Waals surface area (Å²) in [4.78, 5) is 20.6. The summed E-state index contributed by atoms with van der Waals surface area (Å²) >= 11 is 0. The van der Waals surface area contributed by atoms with Gasteiger partial charge in [-0.15, -0.1) is 0 Å². The number of halogens is 3. The van der Waals surface area contributed by atoms with Crippen molar-refractivity contribution in [1.82, 2.24) is 10.2 Å². The molecule has 0 aromatic carbocycles. The number of hydrogen-bond acceptors (Lipinski definition) is 3. The molecule has 1 amide bonds. The largest absolute Gasteiger partial charge is 0.391 e. The number of carbonyl (C=O) groups excluding carboxylic acids is 1. The lowest BCUT2D eigenvalue weighted by Gasteiger charge is -2.43. The van der Waals surface area contributed by atoms with Crippen LogP contribution in [-0.4, -0.2) is 48.0 Å². The Labute approximate surface area is 184 Å². The number of nitrogens with one attached hydrogen (secondary N) is 1. The first-order chi connectivity index (χ1) is 14.7. The summed E-state index contributed by atoms with van der Waals surface area (Å²) in [5.41, 5.74) is 0. The first-order valence-electron chi connectivity index (χ1n) is 12.3. The molecule has 0 bridgehead atoms. The fourth-order valence-corrected chi connectivity index (χ4v) is 6.92. The van der Waals surface area contributed by atoms with Crippen molar-refractivity contribution in [2.24, 2.45) is 34.6 Å². The SMILES string of the molecule is CC1=NC2C(NC(=O)C3CCCCC3C3CCC(C(F)(F)F)CC3)C(C)CCC2N1C. The molecule has 0 aromatic rings. The average Bonchev–Trinajstić information content (AvgIpc) is 3.03. The van der Waals surface area contributed by atoms with Crippen molar-refractivity contribution in [3.05, 3.63) is 0 Å². The van der Waals surface area contributed by atoms with Crippen LogP contribution < -0.4 is 5.32 Å². The highest BCUT2D eigenvalue weighted by molar-refractivity contribution is 5.83. The Hall–Kier alpha value is -1.27. The zero-order chi connectivity index (χ0) is 22.3. The third kappa shape index (κ3) is 4.61. The quantitative estimate of drug-likeness (QED) is 0.656. The predicted octanol–water partition coefficient (Wildman–Crippen LogP) is 5.18. The Morgan fingerprint density at radius 1 is 1.03 bits per heavy atom. The molecule has 1 N–H and O–H groups in total. The summed E-state index contributed by atoms with van der Waals surface area (Å²) in [6, 6.07) is 0.526. The molecule has 0 saturated heterocycles. The van der Waals surface area contributed by atoms with E-state index in [4.69, 9.17) is 4.99 Å². The first-order valence-corrected chi connectivity index (χ1v) is 12.3. The van der Waals surface area contributed by atoms with E-state index >= 15 is 0 Å². The predicted molar refractivity (Wildman–Crippen MR) is 116 cm³/mol. The average molecular weight is 442 g/mol. The zero-order valence-corrected chi connectivity index (χ0v) is 19.1. The van der Waals surface area contributed by atoms with E-state index in [-0.39, 0.29) is 48.6 Å². The lowest BCUT2D eigenvalue weighted by Crippen LogP contribution is -2.57. The van der Waals surface area contributed by atoms with Gasteiger partial charge in [-0.25, -0.2) is 0 Å². The number of hydrogen-bond donors (Lipinski definition) is 1. The summed E-state index contributed by atoms with van der Waals surface area (Å²) in [6.07, 6.45) is 3.75. The van der Waals surface area contributed by atoms with Gasteiger partial charge in [-0.2, -0.15) is 13.2 Å². The molecular formula is C24H38F3N3O. The van der Waals surface area contributed by atoms with Gasteiger partial charge >= 0.3 is 6.18 Å². The minimum Gasteiger partial charge on any atom is -0.358 e. The summed E-state index contributed by atoms with van der Waals surface area (Å²) in [5.74, 6) is 0.830. The number of rotatable bonds is 3. The first kappa shape index (κ1) is 22.9. The van der Waals surface area contributed by atoms with E-state index in [1.54, 1.807) is 0 Å². The van der Waals surface area contributed by atoms with E-state index in [0.717, 1.165) is 44.4 Å². The van der Waals surface area contributed by atoms with E-state index in [1.165, 1.54) is 0 Å². The highest BCUT2D eigenvalue weighted by atomic mass is 19.4. The van der Waals surface area contributed by atoms with Crippen LogP contribution in [0, 0.1) is 29.6 Å². The molecule has 7 heteroatoms. The van der Waals surface area contributed by atoms with Crippen LogP contribution >= 0.6 is 0 Å². The molecule has 0 aromatic heterocycles. The van der Waals surface area contributed by atoms with Gasteiger partial charge < -0.3 is 10.2 Å². The van der Waals surface area contributed by atoms with Crippen molar-refractivity contribution < 1.29 is 18.0 Å². The molecule has 3 saturated carbocycles. The molecular weight excluding hydrogens is 403 g/mol. The Kier molecular flexibility index (Phi) is 6.60. The number of carbonyl (C=O) groups is 1. The van der Waals surface area contributed by atoms with Gasteiger partial charge in [0, 0.05) is 13.0 Å². The van der Waals surface area contributed by atoms with Crippen molar-refractivity contribution in [2.75, 3.05) is 7.05 Å². The van der Waals surface area contributed by atoms with Crippen LogP contribution in [0.3, 0.4) is 0 Å². The molecule has 3 aliphatic carbocycles. The number of alkyl halides is 3. The normalized spacial score (nSPS) is 41.5. The van der Waals surface area contributed by atoms with Crippen molar-refractivity contribution in [1.29, 1.82) is 0 Å². The second kappa shape index (κ2) is 8.93. The van der Waals surface area contributed by atoms with Gasteiger partial charge in [-0.05, 0) is 76.0 Å². The minimum atomic E-state index is -4.07. The van der Waals surface area contributed by atoms with Crippen LogP contribution in [0.1, 0.15) is 78.1 Å².